The zero-order chi connectivity index (χ0) is 17.6. The SMILES string of the molecule is CNC(O)c1cccc2nc(-c3c[nH]c4c(C)cc(F)cc34)ccc12. The molecule has 2 heterocycles. The number of pyridine rings is 1. The van der Waals surface area contributed by atoms with Crippen LogP contribution >= 0.6 is 0 Å². The molecule has 0 fully saturated rings. The van der Waals surface area contributed by atoms with Gasteiger partial charge in [0, 0.05) is 33.6 Å². The van der Waals surface area contributed by atoms with E-state index < -0.39 is 6.23 Å². The lowest BCUT2D eigenvalue weighted by Gasteiger charge is -2.13. The van der Waals surface area contributed by atoms with Gasteiger partial charge in [0.1, 0.15) is 12.0 Å². The van der Waals surface area contributed by atoms with Crippen molar-refractivity contribution >= 4 is 21.8 Å². The van der Waals surface area contributed by atoms with Crippen LogP contribution in [0.3, 0.4) is 0 Å². The van der Waals surface area contributed by atoms with Crippen molar-refractivity contribution in [3.8, 4) is 11.3 Å². The molecule has 25 heavy (non-hydrogen) atoms. The summed E-state index contributed by atoms with van der Waals surface area (Å²) in [5, 5.41) is 14.6. The van der Waals surface area contributed by atoms with Gasteiger partial charge in [-0.25, -0.2) is 9.37 Å². The molecule has 0 aliphatic rings. The van der Waals surface area contributed by atoms with Gasteiger partial charge in [0.05, 0.1) is 11.2 Å². The summed E-state index contributed by atoms with van der Waals surface area (Å²) in [4.78, 5) is 7.94. The largest absolute Gasteiger partial charge is 0.374 e. The molecule has 0 radical (unpaired) electrons. The molecule has 0 aliphatic heterocycles. The quantitative estimate of drug-likeness (QED) is 0.495. The molecule has 0 saturated heterocycles. The van der Waals surface area contributed by atoms with E-state index in [1.807, 2.05) is 43.5 Å². The molecule has 4 nitrogen and oxygen atoms in total. The molecule has 0 bridgehead atoms. The maximum atomic E-state index is 13.8. The maximum absolute atomic E-state index is 13.8. The molecule has 0 amide bonds. The second-order valence-electron chi connectivity index (χ2n) is 6.15. The van der Waals surface area contributed by atoms with Crippen LogP contribution in [0.1, 0.15) is 17.4 Å². The van der Waals surface area contributed by atoms with E-state index in [9.17, 15) is 9.50 Å². The average molecular weight is 335 g/mol. The number of benzene rings is 2. The van der Waals surface area contributed by atoms with Crippen LogP contribution in [0.15, 0.2) is 48.7 Å². The number of hydrogen-bond acceptors (Lipinski definition) is 3. The number of aliphatic hydroxyl groups is 1. The molecule has 0 aliphatic carbocycles. The van der Waals surface area contributed by atoms with Gasteiger partial charge >= 0.3 is 0 Å². The minimum absolute atomic E-state index is 0.258. The summed E-state index contributed by atoms with van der Waals surface area (Å²) in [5.74, 6) is -0.258. The Morgan fingerprint density at radius 1 is 1.16 bits per heavy atom. The van der Waals surface area contributed by atoms with Gasteiger partial charge < -0.3 is 10.1 Å². The lowest BCUT2D eigenvalue weighted by atomic mass is 10.0. The van der Waals surface area contributed by atoms with E-state index in [-0.39, 0.29) is 5.82 Å². The third kappa shape index (κ3) is 2.58. The first-order valence-electron chi connectivity index (χ1n) is 8.11. The molecular formula is C20H18FN3O. The predicted octanol–water partition coefficient (Wildman–Crippen LogP) is 4.04. The van der Waals surface area contributed by atoms with Crippen molar-refractivity contribution in [2.45, 2.75) is 13.2 Å². The summed E-state index contributed by atoms with van der Waals surface area (Å²) in [7, 11) is 1.70. The Kier molecular flexibility index (Phi) is 3.75. The topological polar surface area (TPSA) is 60.9 Å². The third-order valence-electron chi connectivity index (χ3n) is 4.56. The number of nitrogens with one attached hydrogen (secondary N) is 2. The van der Waals surface area contributed by atoms with Gasteiger partial charge in [-0.05, 0) is 43.8 Å². The van der Waals surface area contributed by atoms with Crippen molar-refractivity contribution in [1.29, 1.82) is 0 Å². The number of halogens is 1. The summed E-state index contributed by atoms with van der Waals surface area (Å²) in [5.41, 5.74) is 4.96. The van der Waals surface area contributed by atoms with Crippen LogP contribution in [-0.4, -0.2) is 22.1 Å². The van der Waals surface area contributed by atoms with Gasteiger partial charge in [-0.3, -0.25) is 5.32 Å². The second-order valence-corrected chi connectivity index (χ2v) is 6.15. The summed E-state index contributed by atoms with van der Waals surface area (Å²) in [6, 6.07) is 12.5. The van der Waals surface area contributed by atoms with Gasteiger partial charge in [-0.2, -0.15) is 0 Å². The Morgan fingerprint density at radius 3 is 2.80 bits per heavy atom. The van der Waals surface area contributed by atoms with Crippen molar-refractivity contribution in [2.75, 3.05) is 7.05 Å². The molecular weight excluding hydrogens is 317 g/mol. The monoisotopic (exact) mass is 335 g/mol. The number of aromatic nitrogens is 2. The minimum Gasteiger partial charge on any atom is -0.374 e. The molecule has 0 saturated carbocycles. The van der Waals surface area contributed by atoms with E-state index in [2.05, 4.69) is 10.3 Å². The minimum atomic E-state index is -0.749. The summed E-state index contributed by atoms with van der Waals surface area (Å²) < 4.78 is 13.8. The van der Waals surface area contributed by atoms with E-state index in [1.165, 1.54) is 12.1 Å². The van der Waals surface area contributed by atoms with Gasteiger partial charge in [0.15, 0.2) is 0 Å². The number of H-pyrrole nitrogens is 1. The Balaban J connectivity index is 1.91. The van der Waals surface area contributed by atoms with Crippen molar-refractivity contribution in [2.24, 2.45) is 0 Å². The molecule has 4 rings (SSSR count). The lowest BCUT2D eigenvalue weighted by Crippen LogP contribution is -2.15. The number of nitrogens with zero attached hydrogens (tertiary/aromatic N) is 1. The van der Waals surface area contributed by atoms with Crippen molar-refractivity contribution in [1.82, 2.24) is 15.3 Å². The summed E-state index contributed by atoms with van der Waals surface area (Å²) in [6.07, 6.45) is 1.11. The number of hydrogen-bond donors (Lipinski definition) is 3. The Hall–Kier alpha value is -2.76. The Morgan fingerprint density at radius 2 is 2.00 bits per heavy atom. The van der Waals surface area contributed by atoms with E-state index >= 15 is 0 Å². The number of fused-ring (bicyclic) bond motifs is 2. The highest BCUT2D eigenvalue weighted by Crippen LogP contribution is 2.32. The van der Waals surface area contributed by atoms with Crippen LogP contribution in [0.5, 0.6) is 0 Å². The smallest absolute Gasteiger partial charge is 0.131 e. The predicted molar refractivity (Wildman–Crippen MR) is 97.8 cm³/mol. The first kappa shape index (κ1) is 15.7. The van der Waals surface area contributed by atoms with E-state index in [0.29, 0.717) is 0 Å². The number of aliphatic hydroxyl groups excluding tert-OH is 1. The second kappa shape index (κ2) is 5.95. The van der Waals surface area contributed by atoms with Crippen LogP contribution in [0, 0.1) is 12.7 Å². The molecule has 1 atom stereocenters. The average Bonchev–Trinajstić information content (AvgIpc) is 3.04. The van der Waals surface area contributed by atoms with Gasteiger partial charge in [0.2, 0.25) is 0 Å². The van der Waals surface area contributed by atoms with Crippen LogP contribution in [0.25, 0.3) is 33.1 Å². The number of rotatable bonds is 3. The maximum Gasteiger partial charge on any atom is 0.131 e. The summed E-state index contributed by atoms with van der Waals surface area (Å²) >= 11 is 0. The molecule has 3 N–H and O–H groups in total. The molecule has 126 valence electrons. The number of aromatic amines is 1. The standard InChI is InChI=1S/C20H18FN3O/c1-11-8-12(21)9-15-16(10-23-19(11)15)18-7-6-13-14(20(25)22-2)4-3-5-17(13)24-18/h3-10,20,22-23,25H,1-2H3. The Labute approximate surface area is 144 Å². The van der Waals surface area contributed by atoms with Crippen molar-refractivity contribution < 1.29 is 9.50 Å². The van der Waals surface area contributed by atoms with E-state index in [0.717, 1.165) is 44.2 Å². The van der Waals surface area contributed by atoms with E-state index in [4.69, 9.17) is 4.98 Å². The van der Waals surface area contributed by atoms with E-state index in [1.54, 1.807) is 7.05 Å². The van der Waals surface area contributed by atoms with Crippen LogP contribution < -0.4 is 5.32 Å². The van der Waals surface area contributed by atoms with Crippen molar-refractivity contribution in [3.05, 3.63) is 65.6 Å². The van der Waals surface area contributed by atoms with Gasteiger partial charge in [-0.15, -0.1) is 0 Å². The first-order valence-corrected chi connectivity index (χ1v) is 8.11. The molecule has 4 aromatic rings. The van der Waals surface area contributed by atoms with Crippen molar-refractivity contribution in [3.63, 3.8) is 0 Å². The zero-order valence-electron chi connectivity index (χ0n) is 14.0. The van der Waals surface area contributed by atoms with Gasteiger partial charge in [0.25, 0.3) is 0 Å². The fraction of sp³-hybridized carbons (Fsp3) is 0.150. The molecule has 1 unspecified atom stereocenters. The highest BCUT2D eigenvalue weighted by Gasteiger charge is 2.13. The summed E-state index contributed by atoms with van der Waals surface area (Å²) in [6.45, 7) is 1.88. The fourth-order valence-electron chi connectivity index (χ4n) is 3.30. The van der Waals surface area contributed by atoms with Crippen LogP contribution in [0.4, 0.5) is 4.39 Å². The molecule has 0 spiro atoms. The molecule has 2 aromatic heterocycles. The highest BCUT2D eigenvalue weighted by molar-refractivity contribution is 5.97. The fourth-order valence-corrected chi connectivity index (χ4v) is 3.30. The number of aryl methyl sites for hydroxylation is 1. The lowest BCUT2D eigenvalue weighted by molar-refractivity contribution is 0.151. The Bertz CT molecular complexity index is 1090. The normalized spacial score (nSPS) is 12.8. The zero-order valence-corrected chi connectivity index (χ0v) is 14.0. The van der Waals surface area contributed by atoms with Gasteiger partial charge in [-0.1, -0.05) is 18.2 Å². The highest BCUT2D eigenvalue weighted by atomic mass is 19.1. The third-order valence-corrected chi connectivity index (χ3v) is 4.56. The van der Waals surface area contributed by atoms with Crippen LogP contribution in [-0.2, 0) is 0 Å². The molecule has 5 heteroatoms. The molecule has 2 aromatic carbocycles. The van der Waals surface area contributed by atoms with Crippen LogP contribution in [0.2, 0.25) is 0 Å². The first-order chi connectivity index (χ1) is 12.1.